The number of rotatable bonds is 3. The Hall–Kier alpha value is -2.33. The van der Waals surface area contributed by atoms with Crippen molar-refractivity contribution in [2.24, 2.45) is 0 Å². The van der Waals surface area contributed by atoms with Gasteiger partial charge in [-0.25, -0.2) is 4.39 Å². The highest BCUT2D eigenvalue weighted by Gasteiger charge is 2.15. The quantitative estimate of drug-likeness (QED) is 0.690. The zero-order chi connectivity index (χ0) is 14.8. The molecule has 0 saturated heterocycles. The van der Waals surface area contributed by atoms with Crippen LogP contribution in [0.5, 0.6) is 0 Å². The van der Waals surface area contributed by atoms with Gasteiger partial charge in [0.2, 0.25) is 0 Å². The Kier molecular flexibility index (Phi) is 3.62. The molecule has 0 saturated carbocycles. The van der Waals surface area contributed by atoms with Crippen LogP contribution in [0.25, 0.3) is 11.0 Å². The average Bonchev–Trinajstić information content (AvgIpc) is 2.51. The minimum atomic E-state index is -0.557. The predicted octanol–water partition coefficient (Wildman–Crippen LogP) is 3.85. The number of fused-ring (bicyclic) bond motifs is 1. The van der Waals surface area contributed by atoms with Crippen molar-refractivity contribution in [3.63, 3.8) is 0 Å². The summed E-state index contributed by atoms with van der Waals surface area (Å²) in [6.07, 6.45) is 3.02. The molecular weight excluding hydrogens is 291 g/mol. The summed E-state index contributed by atoms with van der Waals surface area (Å²) in [5, 5.41) is 0.0120. The third-order valence-corrected chi connectivity index (χ3v) is 3.47. The fourth-order valence-electron chi connectivity index (χ4n) is 2.17. The molecule has 2 aromatic carbocycles. The molecule has 0 fully saturated rings. The zero-order valence-corrected chi connectivity index (χ0v) is 11.6. The maximum atomic E-state index is 13.9. The number of hydrogen-bond donors (Lipinski definition) is 0. The minimum Gasteiger partial charge on any atom is -0.294 e. The summed E-state index contributed by atoms with van der Waals surface area (Å²) < 4.78 is 13.9. The molecule has 0 unspecified atom stereocenters. The van der Waals surface area contributed by atoms with Gasteiger partial charge in [-0.3, -0.25) is 14.8 Å². The molecule has 1 aromatic heterocycles. The third-order valence-electron chi connectivity index (χ3n) is 3.18. The van der Waals surface area contributed by atoms with Gasteiger partial charge < -0.3 is 0 Å². The van der Waals surface area contributed by atoms with Crippen molar-refractivity contribution in [3.05, 3.63) is 70.8 Å². The second-order valence-electron chi connectivity index (χ2n) is 4.54. The molecule has 3 nitrogen and oxygen atoms in total. The summed E-state index contributed by atoms with van der Waals surface area (Å²) in [5.41, 5.74) is 1.86. The number of halogens is 2. The lowest BCUT2D eigenvalue weighted by atomic mass is 10.0. The largest absolute Gasteiger partial charge is 0.294 e. The van der Waals surface area contributed by atoms with Crippen molar-refractivity contribution in [2.45, 2.75) is 6.42 Å². The van der Waals surface area contributed by atoms with E-state index in [1.807, 2.05) is 0 Å². The molecule has 0 aliphatic carbocycles. The van der Waals surface area contributed by atoms with E-state index in [0.29, 0.717) is 16.6 Å². The minimum absolute atomic E-state index is 0.0120. The van der Waals surface area contributed by atoms with Gasteiger partial charge in [0.05, 0.1) is 16.1 Å². The molecule has 1 heterocycles. The Morgan fingerprint density at radius 2 is 1.86 bits per heavy atom. The van der Waals surface area contributed by atoms with E-state index in [9.17, 15) is 9.18 Å². The summed E-state index contributed by atoms with van der Waals surface area (Å²) in [7, 11) is 0. The van der Waals surface area contributed by atoms with Crippen LogP contribution >= 0.6 is 11.6 Å². The SMILES string of the molecule is O=C(Cc1cccc(Cl)c1F)c1cccc2nccnc12. The lowest BCUT2D eigenvalue weighted by molar-refractivity contribution is 0.0993. The summed E-state index contributed by atoms with van der Waals surface area (Å²) in [5.74, 6) is -0.777. The Balaban J connectivity index is 2.00. The second kappa shape index (κ2) is 5.58. The molecule has 0 atom stereocenters. The molecule has 21 heavy (non-hydrogen) atoms. The number of nitrogens with zero attached hydrogens (tertiary/aromatic N) is 2. The molecule has 0 amide bonds. The number of carbonyl (C=O) groups excluding carboxylic acids is 1. The van der Waals surface area contributed by atoms with Gasteiger partial charge in [0.25, 0.3) is 0 Å². The van der Waals surface area contributed by atoms with Crippen molar-refractivity contribution in [1.82, 2.24) is 9.97 Å². The summed E-state index contributed by atoms with van der Waals surface area (Å²) >= 11 is 5.73. The molecule has 0 aliphatic heterocycles. The van der Waals surface area contributed by atoms with Crippen molar-refractivity contribution >= 4 is 28.4 Å². The summed E-state index contributed by atoms with van der Waals surface area (Å²) in [4.78, 5) is 20.7. The number of Topliss-reactive ketones (excluding diaryl/α,β-unsaturated/α-hetero) is 1. The van der Waals surface area contributed by atoms with Crippen LogP contribution in [-0.4, -0.2) is 15.8 Å². The second-order valence-corrected chi connectivity index (χ2v) is 4.95. The highest BCUT2D eigenvalue weighted by molar-refractivity contribution is 6.30. The first kappa shape index (κ1) is 13.6. The van der Waals surface area contributed by atoms with Crippen LogP contribution in [0.2, 0.25) is 5.02 Å². The maximum absolute atomic E-state index is 13.9. The lowest BCUT2D eigenvalue weighted by Crippen LogP contribution is -2.07. The van der Waals surface area contributed by atoms with Crippen LogP contribution in [0.1, 0.15) is 15.9 Å². The Labute approximate surface area is 125 Å². The fraction of sp³-hybridized carbons (Fsp3) is 0.0625. The average molecular weight is 301 g/mol. The van der Waals surface area contributed by atoms with Gasteiger partial charge in [-0.1, -0.05) is 29.8 Å². The van der Waals surface area contributed by atoms with Crippen LogP contribution in [0, 0.1) is 5.82 Å². The van der Waals surface area contributed by atoms with E-state index in [-0.39, 0.29) is 22.8 Å². The van der Waals surface area contributed by atoms with Gasteiger partial charge in [-0.15, -0.1) is 0 Å². The third kappa shape index (κ3) is 2.62. The van der Waals surface area contributed by atoms with E-state index >= 15 is 0 Å². The van der Waals surface area contributed by atoms with Gasteiger partial charge >= 0.3 is 0 Å². The van der Waals surface area contributed by atoms with E-state index in [2.05, 4.69) is 9.97 Å². The van der Waals surface area contributed by atoms with E-state index in [1.165, 1.54) is 12.3 Å². The number of ketones is 1. The van der Waals surface area contributed by atoms with Gasteiger partial charge in [-0.05, 0) is 23.8 Å². The molecule has 0 radical (unpaired) electrons. The Bertz CT molecular complexity index is 830. The highest BCUT2D eigenvalue weighted by atomic mass is 35.5. The number of benzene rings is 2. The zero-order valence-electron chi connectivity index (χ0n) is 10.9. The highest BCUT2D eigenvalue weighted by Crippen LogP contribution is 2.21. The molecule has 3 rings (SSSR count). The van der Waals surface area contributed by atoms with Gasteiger partial charge in [0.15, 0.2) is 5.78 Å². The molecule has 5 heteroatoms. The first-order valence-electron chi connectivity index (χ1n) is 6.32. The van der Waals surface area contributed by atoms with Crippen LogP contribution in [0.3, 0.4) is 0 Å². The van der Waals surface area contributed by atoms with Crippen LogP contribution in [-0.2, 0) is 6.42 Å². The topological polar surface area (TPSA) is 42.9 Å². The number of carbonyl (C=O) groups is 1. The Morgan fingerprint density at radius 3 is 2.71 bits per heavy atom. The molecule has 0 N–H and O–H groups in total. The molecule has 0 spiro atoms. The normalized spacial score (nSPS) is 10.8. The van der Waals surface area contributed by atoms with Crippen molar-refractivity contribution in [3.8, 4) is 0 Å². The maximum Gasteiger partial charge on any atom is 0.169 e. The fourth-order valence-corrected chi connectivity index (χ4v) is 2.36. The van der Waals surface area contributed by atoms with Crippen LogP contribution < -0.4 is 0 Å². The molecule has 3 aromatic rings. The summed E-state index contributed by atoms with van der Waals surface area (Å²) in [6, 6.07) is 9.81. The molecule has 0 bridgehead atoms. The van der Waals surface area contributed by atoms with Crippen molar-refractivity contribution in [1.29, 1.82) is 0 Å². The van der Waals surface area contributed by atoms with Crippen molar-refractivity contribution < 1.29 is 9.18 Å². The van der Waals surface area contributed by atoms with Gasteiger partial charge in [-0.2, -0.15) is 0 Å². The van der Waals surface area contributed by atoms with Crippen LogP contribution in [0.15, 0.2) is 48.8 Å². The first-order chi connectivity index (χ1) is 10.2. The van der Waals surface area contributed by atoms with E-state index in [4.69, 9.17) is 11.6 Å². The monoisotopic (exact) mass is 300 g/mol. The number of para-hydroxylation sites is 1. The number of aromatic nitrogens is 2. The van der Waals surface area contributed by atoms with Crippen molar-refractivity contribution in [2.75, 3.05) is 0 Å². The van der Waals surface area contributed by atoms with Crippen LogP contribution in [0.4, 0.5) is 4.39 Å². The van der Waals surface area contributed by atoms with E-state index < -0.39 is 5.82 Å². The summed E-state index contributed by atoms with van der Waals surface area (Å²) in [6.45, 7) is 0. The molecule has 0 aliphatic rings. The molecular formula is C16H10ClFN2O. The van der Waals surface area contributed by atoms with E-state index in [0.717, 1.165) is 0 Å². The Morgan fingerprint density at radius 1 is 1.10 bits per heavy atom. The number of hydrogen-bond acceptors (Lipinski definition) is 3. The van der Waals surface area contributed by atoms with E-state index in [1.54, 1.807) is 36.5 Å². The van der Waals surface area contributed by atoms with Gasteiger partial charge in [0, 0.05) is 24.4 Å². The molecule has 104 valence electrons. The predicted molar refractivity (Wildman–Crippen MR) is 79.0 cm³/mol. The standard InChI is InChI=1S/C16H10ClFN2O/c17-12-5-1-3-10(15(12)18)9-14(21)11-4-2-6-13-16(11)20-8-7-19-13/h1-8H,9H2. The first-order valence-corrected chi connectivity index (χ1v) is 6.70. The van der Waals surface area contributed by atoms with Gasteiger partial charge in [0.1, 0.15) is 5.82 Å². The lowest BCUT2D eigenvalue weighted by Gasteiger charge is -2.06. The smallest absolute Gasteiger partial charge is 0.169 e.